The van der Waals surface area contributed by atoms with Crippen molar-refractivity contribution in [1.82, 2.24) is 24.9 Å². The van der Waals surface area contributed by atoms with Crippen LogP contribution >= 0.6 is 11.8 Å². The first-order valence-electron chi connectivity index (χ1n) is 6.39. The number of nitrogens with zero attached hydrogens (tertiary/aromatic N) is 4. The van der Waals surface area contributed by atoms with Crippen LogP contribution in [0.4, 0.5) is 0 Å². The van der Waals surface area contributed by atoms with E-state index in [1.165, 1.54) is 11.8 Å². The van der Waals surface area contributed by atoms with E-state index in [0.29, 0.717) is 16.7 Å². The third-order valence-electron chi connectivity index (χ3n) is 2.51. The van der Waals surface area contributed by atoms with Crippen LogP contribution in [-0.4, -0.2) is 36.8 Å². The van der Waals surface area contributed by atoms with E-state index in [9.17, 15) is 4.79 Å². The number of carbonyl (C=O) groups is 1. The molecule has 7 heteroatoms. The molecule has 2 rings (SSSR count). The van der Waals surface area contributed by atoms with Crippen LogP contribution in [0.2, 0.25) is 0 Å². The van der Waals surface area contributed by atoms with Crippen LogP contribution in [0.15, 0.2) is 11.2 Å². The van der Waals surface area contributed by atoms with Crippen molar-refractivity contribution in [1.29, 1.82) is 0 Å². The van der Waals surface area contributed by atoms with Gasteiger partial charge in [0.25, 0.3) is 5.78 Å². The lowest BCUT2D eigenvalue weighted by Crippen LogP contribution is -2.41. The molecule has 0 atom stereocenters. The maximum atomic E-state index is 11.8. The lowest BCUT2D eigenvalue weighted by atomic mass is 10.1. The zero-order chi connectivity index (χ0) is 14.9. The summed E-state index contributed by atoms with van der Waals surface area (Å²) in [5.74, 6) is 0.865. The summed E-state index contributed by atoms with van der Waals surface area (Å²) in [7, 11) is 0. The van der Waals surface area contributed by atoms with Gasteiger partial charge in [0, 0.05) is 16.9 Å². The summed E-state index contributed by atoms with van der Waals surface area (Å²) >= 11 is 1.36. The molecule has 2 aromatic rings. The Morgan fingerprint density at radius 1 is 1.35 bits per heavy atom. The Hall–Kier alpha value is -1.63. The van der Waals surface area contributed by atoms with Crippen molar-refractivity contribution in [2.75, 3.05) is 5.75 Å². The van der Waals surface area contributed by atoms with Crippen molar-refractivity contribution in [3.63, 3.8) is 0 Å². The molecular formula is C13H19N5OS. The molecule has 6 nitrogen and oxygen atoms in total. The van der Waals surface area contributed by atoms with Crippen LogP contribution in [0, 0.1) is 13.8 Å². The highest BCUT2D eigenvalue weighted by Gasteiger charge is 2.16. The highest BCUT2D eigenvalue weighted by molar-refractivity contribution is 7.99. The molecule has 0 fully saturated rings. The third-order valence-corrected chi connectivity index (χ3v) is 3.44. The van der Waals surface area contributed by atoms with Gasteiger partial charge in [0.1, 0.15) is 0 Å². The Kier molecular flexibility index (Phi) is 3.99. The number of fused-ring (bicyclic) bond motifs is 1. The summed E-state index contributed by atoms with van der Waals surface area (Å²) in [4.78, 5) is 16.1. The van der Waals surface area contributed by atoms with Gasteiger partial charge in [-0.1, -0.05) is 11.8 Å². The lowest BCUT2D eigenvalue weighted by Gasteiger charge is -2.20. The highest BCUT2D eigenvalue weighted by Crippen LogP contribution is 2.18. The smallest absolute Gasteiger partial charge is 0.256 e. The first-order chi connectivity index (χ1) is 9.26. The number of hydrogen-bond donors (Lipinski definition) is 1. The third kappa shape index (κ3) is 3.47. The Morgan fingerprint density at radius 2 is 2.05 bits per heavy atom. The van der Waals surface area contributed by atoms with Gasteiger partial charge in [-0.2, -0.15) is 0 Å². The molecular weight excluding hydrogens is 274 g/mol. The standard InChI is InChI=1S/C13H19N5OS/c1-8-6-9(2)18-11(14-8)16-17-12(18)20-7-10(19)15-13(3,4)5/h6H,7H2,1-5H3,(H,15,19). The zero-order valence-electron chi connectivity index (χ0n) is 12.4. The highest BCUT2D eigenvalue weighted by atomic mass is 32.2. The summed E-state index contributed by atoms with van der Waals surface area (Å²) < 4.78 is 1.86. The Bertz CT molecular complexity index is 644. The molecule has 1 amide bonds. The molecule has 0 radical (unpaired) electrons. The fourth-order valence-electron chi connectivity index (χ4n) is 1.88. The molecule has 1 N–H and O–H groups in total. The average molecular weight is 293 g/mol. The van der Waals surface area contributed by atoms with Gasteiger partial charge in [-0.15, -0.1) is 10.2 Å². The molecule has 0 unspecified atom stereocenters. The van der Waals surface area contributed by atoms with Crippen molar-refractivity contribution in [2.45, 2.75) is 45.3 Å². The molecule has 0 aliphatic carbocycles. The summed E-state index contributed by atoms with van der Waals surface area (Å²) in [6.45, 7) is 9.77. The van der Waals surface area contributed by atoms with Crippen LogP contribution in [0.5, 0.6) is 0 Å². The van der Waals surface area contributed by atoms with Crippen LogP contribution in [0.1, 0.15) is 32.2 Å². The van der Waals surface area contributed by atoms with Gasteiger partial charge in [0.15, 0.2) is 5.16 Å². The molecule has 2 heterocycles. The topological polar surface area (TPSA) is 72.2 Å². The fraction of sp³-hybridized carbons (Fsp3) is 0.538. The predicted octanol–water partition coefficient (Wildman–Crippen LogP) is 1.75. The molecule has 0 spiro atoms. The predicted molar refractivity (Wildman–Crippen MR) is 78.9 cm³/mol. The van der Waals surface area contributed by atoms with E-state index in [-0.39, 0.29) is 11.4 Å². The maximum absolute atomic E-state index is 11.8. The van der Waals surface area contributed by atoms with Crippen LogP contribution in [0.25, 0.3) is 5.78 Å². The second-order valence-electron chi connectivity index (χ2n) is 5.74. The molecule has 2 aromatic heterocycles. The monoisotopic (exact) mass is 293 g/mol. The van der Waals surface area contributed by atoms with Gasteiger partial charge in [-0.05, 0) is 40.7 Å². The van der Waals surface area contributed by atoms with E-state index in [0.717, 1.165) is 11.4 Å². The molecule has 0 aliphatic rings. The van der Waals surface area contributed by atoms with E-state index in [1.807, 2.05) is 45.1 Å². The first kappa shape index (κ1) is 14.8. The molecule has 0 aromatic carbocycles. The number of carbonyl (C=O) groups excluding carboxylic acids is 1. The van der Waals surface area contributed by atoms with Crippen molar-refractivity contribution in [2.24, 2.45) is 0 Å². The molecule has 0 bridgehead atoms. The summed E-state index contributed by atoms with van der Waals surface area (Å²) in [5.41, 5.74) is 1.69. The second-order valence-corrected chi connectivity index (χ2v) is 6.69. The number of thioether (sulfide) groups is 1. The number of aromatic nitrogens is 4. The van der Waals surface area contributed by atoms with Crippen LogP contribution < -0.4 is 5.32 Å². The number of nitrogens with one attached hydrogen (secondary N) is 1. The van der Waals surface area contributed by atoms with Crippen LogP contribution in [0.3, 0.4) is 0 Å². The first-order valence-corrected chi connectivity index (χ1v) is 7.38. The zero-order valence-corrected chi connectivity index (χ0v) is 13.2. The average Bonchev–Trinajstić information content (AvgIpc) is 2.67. The number of aryl methyl sites for hydroxylation is 2. The van der Waals surface area contributed by atoms with Gasteiger partial charge in [0.2, 0.25) is 5.91 Å². The quantitative estimate of drug-likeness (QED) is 0.873. The lowest BCUT2D eigenvalue weighted by molar-refractivity contribution is -0.119. The molecule has 0 aliphatic heterocycles. The van der Waals surface area contributed by atoms with E-state index >= 15 is 0 Å². The van der Waals surface area contributed by atoms with Gasteiger partial charge >= 0.3 is 0 Å². The minimum absolute atomic E-state index is 0.0167. The minimum atomic E-state index is -0.223. The largest absolute Gasteiger partial charge is 0.351 e. The molecule has 0 saturated carbocycles. The van der Waals surface area contributed by atoms with Gasteiger partial charge < -0.3 is 5.32 Å². The van der Waals surface area contributed by atoms with E-state index in [1.54, 1.807) is 0 Å². The van der Waals surface area contributed by atoms with Gasteiger partial charge in [-0.25, -0.2) is 4.98 Å². The van der Waals surface area contributed by atoms with Gasteiger partial charge in [0.05, 0.1) is 5.75 Å². The van der Waals surface area contributed by atoms with Crippen LogP contribution in [-0.2, 0) is 4.79 Å². The Balaban J connectivity index is 2.13. The summed E-state index contributed by atoms with van der Waals surface area (Å²) in [6, 6.07) is 1.97. The van der Waals surface area contributed by atoms with E-state index in [4.69, 9.17) is 0 Å². The Morgan fingerprint density at radius 3 is 2.70 bits per heavy atom. The van der Waals surface area contributed by atoms with Crippen molar-refractivity contribution < 1.29 is 4.79 Å². The second kappa shape index (κ2) is 5.40. The summed E-state index contributed by atoms with van der Waals surface area (Å²) in [6.07, 6.45) is 0. The van der Waals surface area contributed by atoms with Crippen molar-refractivity contribution in [3.05, 3.63) is 17.5 Å². The van der Waals surface area contributed by atoms with Crippen molar-refractivity contribution >= 4 is 23.4 Å². The summed E-state index contributed by atoms with van der Waals surface area (Å²) in [5, 5.41) is 11.8. The number of amides is 1. The number of hydrogen-bond acceptors (Lipinski definition) is 5. The maximum Gasteiger partial charge on any atom is 0.256 e. The number of rotatable bonds is 3. The van der Waals surface area contributed by atoms with Crippen molar-refractivity contribution in [3.8, 4) is 0 Å². The Labute approximate surface area is 122 Å². The SMILES string of the molecule is Cc1cc(C)n2c(SCC(=O)NC(C)(C)C)nnc2n1. The molecule has 20 heavy (non-hydrogen) atoms. The fourth-order valence-corrected chi connectivity index (χ4v) is 2.66. The van der Waals surface area contributed by atoms with Gasteiger partial charge in [-0.3, -0.25) is 9.20 Å². The molecule has 0 saturated heterocycles. The van der Waals surface area contributed by atoms with E-state index in [2.05, 4.69) is 20.5 Å². The minimum Gasteiger partial charge on any atom is -0.351 e. The van der Waals surface area contributed by atoms with E-state index < -0.39 is 0 Å². The molecule has 108 valence electrons. The normalized spacial score (nSPS) is 11.8.